The van der Waals surface area contributed by atoms with Crippen molar-refractivity contribution in [3.05, 3.63) is 35.4 Å². The van der Waals surface area contributed by atoms with Gasteiger partial charge in [0.15, 0.2) is 0 Å². The molecule has 7 heteroatoms. The van der Waals surface area contributed by atoms with Gasteiger partial charge in [-0.05, 0) is 31.7 Å². The van der Waals surface area contributed by atoms with Gasteiger partial charge >= 0.3 is 0 Å². The molecule has 0 saturated heterocycles. The SMILES string of the molecule is C[C@@H](Nc1cncc(-c2cc(C(N)=O)ncc2Cl)n1)C1CCCCC1. The molecular formula is C18H22ClN5O. The predicted molar refractivity (Wildman–Crippen MR) is 98.5 cm³/mol. The standard InChI is InChI=1S/C18H22ClN5O/c1-11(12-5-3-2-4-6-12)23-17-10-21-9-16(24-17)13-7-15(18(20)25)22-8-14(13)19/h7-12H,2-6H2,1H3,(H2,20,25)(H,23,24)/t11-/m1/s1. The van der Waals surface area contributed by atoms with E-state index in [-0.39, 0.29) is 5.69 Å². The lowest BCUT2D eigenvalue weighted by Crippen LogP contribution is -2.28. The van der Waals surface area contributed by atoms with Crippen molar-refractivity contribution in [1.82, 2.24) is 15.0 Å². The molecule has 2 aromatic heterocycles. The number of nitrogens with one attached hydrogen (secondary N) is 1. The number of primary amides is 1. The third-order valence-electron chi connectivity index (χ3n) is 4.75. The van der Waals surface area contributed by atoms with E-state index >= 15 is 0 Å². The summed E-state index contributed by atoms with van der Waals surface area (Å²) in [6.45, 7) is 2.19. The zero-order chi connectivity index (χ0) is 17.8. The summed E-state index contributed by atoms with van der Waals surface area (Å²) in [6, 6.07) is 1.88. The van der Waals surface area contributed by atoms with Crippen LogP contribution in [0.1, 0.15) is 49.5 Å². The van der Waals surface area contributed by atoms with Crippen molar-refractivity contribution >= 4 is 23.3 Å². The number of pyridine rings is 1. The molecule has 1 aliphatic carbocycles. The number of rotatable bonds is 5. The number of hydrogen-bond donors (Lipinski definition) is 2. The molecule has 1 amide bonds. The first-order valence-electron chi connectivity index (χ1n) is 8.59. The van der Waals surface area contributed by atoms with Crippen LogP contribution in [-0.2, 0) is 0 Å². The van der Waals surface area contributed by atoms with Crippen LogP contribution in [0.3, 0.4) is 0 Å². The van der Waals surface area contributed by atoms with Crippen LogP contribution < -0.4 is 11.1 Å². The number of aromatic nitrogens is 3. The second-order valence-electron chi connectivity index (χ2n) is 6.53. The number of carbonyl (C=O) groups is 1. The highest BCUT2D eigenvalue weighted by molar-refractivity contribution is 6.33. The van der Waals surface area contributed by atoms with E-state index in [0.29, 0.717) is 34.1 Å². The van der Waals surface area contributed by atoms with E-state index in [1.54, 1.807) is 18.5 Å². The maximum absolute atomic E-state index is 11.4. The third-order valence-corrected chi connectivity index (χ3v) is 5.05. The minimum atomic E-state index is -0.605. The first-order chi connectivity index (χ1) is 12.0. The van der Waals surface area contributed by atoms with Gasteiger partial charge in [0.1, 0.15) is 11.5 Å². The van der Waals surface area contributed by atoms with Crippen molar-refractivity contribution in [2.45, 2.75) is 45.1 Å². The number of amides is 1. The lowest BCUT2D eigenvalue weighted by Gasteiger charge is -2.28. The average molecular weight is 360 g/mol. The van der Waals surface area contributed by atoms with Crippen LogP contribution in [0.25, 0.3) is 11.3 Å². The summed E-state index contributed by atoms with van der Waals surface area (Å²) in [5, 5.41) is 3.85. The molecule has 0 radical (unpaired) electrons. The Morgan fingerprint density at radius 2 is 2.04 bits per heavy atom. The fourth-order valence-corrected chi connectivity index (χ4v) is 3.52. The molecule has 6 nitrogen and oxygen atoms in total. The molecular weight excluding hydrogens is 338 g/mol. The summed E-state index contributed by atoms with van der Waals surface area (Å²) >= 11 is 6.21. The van der Waals surface area contributed by atoms with E-state index in [1.807, 2.05) is 0 Å². The Bertz CT molecular complexity index is 761. The van der Waals surface area contributed by atoms with Crippen molar-refractivity contribution in [2.24, 2.45) is 11.7 Å². The van der Waals surface area contributed by atoms with Gasteiger partial charge in [0.05, 0.1) is 23.1 Å². The van der Waals surface area contributed by atoms with Gasteiger partial charge in [0.25, 0.3) is 5.91 Å². The average Bonchev–Trinajstić information content (AvgIpc) is 2.63. The highest BCUT2D eigenvalue weighted by Gasteiger charge is 2.20. The quantitative estimate of drug-likeness (QED) is 0.849. The van der Waals surface area contributed by atoms with Crippen LogP contribution in [0.5, 0.6) is 0 Å². The Labute approximate surface area is 152 Å². The molecule has 0 aromatic carbocycles. The molecule has 3 N–H and O–H groups in total. The molecule has 0 spiro atoms. The fraction of sp³-hybridized carbons (Fsp3) is 0.444. The van der Waals surface area contributed by atoms with Gasteiger partial charge in [-0.15, -0.1) is 0 Å². The normalized spacial score (nSPS) is 16.4. The molecule has 1 aliphatic rings. The Kier molecular flexibility index (Phi) is 5.48. The number of carbonyl (C=O) groups excluding carboxylic acids is 1. The molecule has 0 unspecified atom stereocenters. The Balaban J connectivity index is 1.82. The lowest BCUT2D eigenvalue weighted by molar-refractivity contribution is 0.0995. The van der Waals surface area contributed by atoms with Crippen molar-refractivity contribution < 1.29 is 4.79 Å². The van der Waals surface area contributed by atoms with Crippen LogP contribution in [0.4, 0.5) is 5.82 Å². The lowest BCUT2D eigenvalue weighted by atomic mass is 9.84. The van der Waals surface area contributed by atoms with E-state index in [1.165, 1.54) is 38.3 Å². The molecule has 132 valence electrons. The van der Waals surface area contributed by atoms with Crippen molar-refractivity contribution in [2.75, 3.05) is 5.32 Å². The molecule has 1 atom stereocenters. The van der Waals surface area contributed by atoms with E-state index in [2.05, 4.69) is 27.2 Å². The van der Waals surface area contributed by atoms with Crippen LogP contribution in [0.2, 0.25) is 5.02 Å². The third kappa shape index (κ3) is 4.25. The van der Waals surface area contributed by atoms with Crippen molar-refractivity contribution in [1.29, 1.82) is 0 Å². The van der Waals surface area contributed by atoms with Gasteiger partial charge in [-0.3, -0.25) is 9.78 Å². The predicted octanol–water partition coefficient (Wildman–Crippen LogP) is 3.67. The number of nitrogens with zero attached hydrogens (tertiary/aromatic N) is 3. The van der Waals surface area contributed by atoms with Gasteiger partial charge < -0.3 is 11.1 Å². The Hall–Kier alpha value is -2.21. The van der Waals surface area contributed by atoms with Gasteiger partial charge in [0, 0.05) is 17.8 Å². The molecule has 0 bridgehead atoms. The summed E-state index contributed by atoms with van der Waals surface area (Å²) in [4.78, 5) is 24.1. The molecule has 25 heavy (non-hydrogen) atoms. The fourth-order valence-electron chi connectivity index (χ4n) is 3.32. The highest BCUT2D eigenvalue weighted by atomic mass is 35.5. The summed E-state index contributed by atoms with van der Waals surface area (Å²) in [5.41, 5.74) is 6.61. The van der Waals surface area contributed by atoms with Crippen LogP contribution in [-0.4, -0.2) is 26.9 Å². The van der Waals surface area contributed by atoms with Crippen LogP contribution in [0.15, 0.2) is 24.7 Å². The van der Waals surface area contributed by atoms with Crippen molar-refractivity contribution in [3.63, 3.8) is 0 Å². The minimum absolute atomic E-state index is 0.148. The van der Waals surface area contributed by atoms with Gasteiger partial charge in [-0.2, -0.15) is 0 Å². The topological polar surface area (TPSA) is 93.8 Å². The van der Waals surface area contributed by atoms with E-state index < -0.39 is 5.91 Å². The number of halogens is 1. The Morgan fingerprint density at radius 3 is 2.76 bits per heavy atom. The monoisotopic (exact) mass is 359 g/mol. The zero-order valence-corrected chi connectivity index (χ0v) is 15.0. The maximum Gasteiger partial charge on any atom is 0.267 e. The zero-order valence-electron chi connectivity index (χ0n) is 14.2. The van der Waals surface area contributed by atoms with Crippen LogP contribution in [0, 0.1) is 5.92 Å². The maximum atomic E-state index is 11.4. The van der Waals surface area contributed by atoms with E-state index in [0.717, 1.165) is 0 Å². The van der Waals surface area contributed by atoms with E-state index in [9.17, 15) is 4.79 Å². The second-order valence-corrected chi connectivity index (χ2v) is 6.94. The Morgan fingerprint density at radius 1 is 1.28 bits per heavy atom. The van der Waals surface area contributed by atoms with E-state index in [4.69, 9.17) is 17.3 Å². The molecule has 1 fully saturated rings. The summed E-state index contributed by atoms with van der Waals surface area (Å²) < 4.78 is 0. The number of hydrogen-bond acceptors (Lipinski definition) is 5. The second kappa shape index (κ2) is 7.78. The summed E-state index contributed by atoms with van der Waals surface area (Å²) in [7, 11) is 0. The molecule has 1 saturated carbocycles. The van der Waals surface area contributed by atoms with Gasteiger partial charge in [-0.25, -0.2) is 9.97 Å². The first-order valence-corrected chi connectivity index (χ1v) is 8.96. The summed E-state index contributed by atoms with van der Waals surface area (Å²) in [6.07, 6.45) is 11.1. The van der Waals surface area contributed by atoms with Gasteiger partial charge in [-0.1, -0.05) is 30.9 Å². The van der Waals surface area contributed by atoms with Crippen molar-refractivity contribution in [3.8, 4) is 11.3 Å². The molecule has 2 heterocycles. The number of nitrogens with two attached hydrogens (primary N) is 1. The highest BCUT2D eigenvalue weighted by Crippen LogP contribution is 2.29. The molecule has 3 rings (SSSR count). The minimum Gasteiger partial charge on any atom is -0.366 e. The van der Waals surface area contributed by atoms with Crippen LogP contribution >= 0.6 is 11.6 Å². The number of anilines is 1. The summed E-state index contributed by atoms with van der Waals surface area (Å²) in [5.74, 6) is 0.750. The first kappa shape index (κ1) is 17.6. The molecule has 2 aromatic rings. The smallest absolute Gasteiger partial charge is 0.267 e. The van der Waals surface area contributed by atoms with Gasteiger partial charge in [0.2, 0.25) is 0 Å². The molecule has 0 aliphatic heterocycles. The largest absolute Gasteiger partial charge is 0.366 e.